The smallest absolute Gasteiger partial charge is 0.0771 e. The molecule has 0 unspecified atom stereocenters. The zero-order valence-electron chi connectivity index (χ0n) is 12.0. The Morgan fingerprint density at radius 3 is 2.37 bits per heavy atom. The molecule has 0 radical (unpaired) electrons. The molecule has 3 heteroatoms. The van der Waals surface area contributed by atoms with E-state index in [9.17, 15) is 5.11 Å². The minimum atomic E-state index is -0.452. The van der Waals surface area contributed by atoms with Crippen molar-refractivity contribution >= 4 is 0 Å². The van der Waals surface area contributed by atoms with Crippen LogP contribution < -0.4 is 5.32 Å². The van der Waals surface area contributed by atoms with E-state index in [2.05, 4.69) is 16.1 Å². The predicted molar refractivity (Wildman–Crippen MR) is 78.9 cm³/mol. The topological polar surface area (TPSA) is 35.5 Å². The minimum Gasteiger partial charge on any atom is -0.389 e. The van der Waals surface area contributed by atoms with E-state index in [1.165, 1.54) is 25.7 Å². The van der Waals surface area contributed by atoms with Gasteiger partial charge >= 0.3 is 0 Å². The second kappa shape index (κ2) is 7.28. The molecule has 0 spiro atoms. The van der Waals surface area contributed by atoms with Crippen molar-refractivity contribution in [2.75, 3.05) is 26.2 Å². The Hall–Kier alpha value is -0.560. The third-order valence-electron chi connectivity index (χ3n) is 4.66. The number of likely N-dealkylation sites (tertiary alicyclic amines) is 1. The maximum Gasteiger partial charge on any atom is 0.0771 e. The van der Waals surface area contributed by atoms with Crippen molar-refractivity contribution in [2.24, 2.45) is 0 Å². The quantitative estimate of drug-likeness (QED) is 0.600. The summed E-state index contributed by atoms with van der Waals surface area (Å²) in [5, 5.41) is 14.2. The largest absolute Gasteiger partial charge is 0.389 e. The maximum absolute atomic E-state index is 10.6. The number of nitrogens with zero attached hydrogens (tertiary/aromatic N) is 1. The molecule has 0 aromatic carbocycles. The van der Waals surface area contributed by atoms with E-state index in [4.69, 9.17) is 6.42 Å². The van der Waals surface area contributed by atoms with Gasteiger partial charge in [0, 0.05) is 25.7 Å². The first kappa shape index (κ1) is 14.8. The molecule has 1 aliphatic carbocycles. The summed E-state index contributed by atoms with van der Waals surface area (Å²) in [6.07, 6.45) is 14.5. The maximum atomic E-state index is 10.6. The molecule has 2 fully saturated rings. The SMILES string of the molecule is C#CCN1CCC(NCC2(O)CCCCCC2)CC1. The minimum absolute atomic E-state index is 0.452. The van der Waals surface area contributed by atoms with Gasteiger partial charge in [-0.3, -0.25) is 4.90 Å². The van der Waals surface area contributed by atoms with Gasteiger partial charge < -0.3 is 10.4 Å². The van der Waals surface area contributed by atoms with Gasteiger partial charge in [0.2, 0.25) is 0 Å². The number of piperidine rings is 1. The molecule has 0 bridgehead atoms. The summed E-state index contributed by atoms with van der Waals surface area (Å²) >= 11 is 0. The Morgan fingerprint density at radius 2 is 1.79 bits per heavy atom. The fraction of sp³-hybridized carbons (Fsp3) is 0.875. The third kappa shape index (κ3) is 4.80. The van der Waals surface area contributed by atoms with E-state index in [1.54, 1.807) is 0 Å². The van der Waals surface area contributed by atoms with E-state index < -0.39 is 5.60 Å². The van der Waals surface area contributed by atoms with Crippen molar-refractivity contribution in [1.29, 1.82) is 0 Å². The van der Waals surface area contributed by atoms with Crippen molar-refractivity contribution < 1.29 is 5.11 Å². The average Bonchev–Trinajstić information content (AvgIpc) is 2.64. The molecular formula is C16H28N2O. The summed E-state index contributed by atoms with van der Waals surface area (Å²) in [7, 11) is 0. The second-order valence-electron chi connectivity index (χ2n) is 6.27. The molecule has 2 rings (SSSR count). The summed E-state index contributed by atoms with van der Waals surface area (Å²) in [4.78, 5) is 2.33. The Labute approximate surface area is 117 Å². The summed E-state index contributed by atoms with van der Waals surface area (Å²) in [6, 6.07) is 0.557. The fourth-order valence-electron chi connectivity index (χ4n) is 3.32. The van der Waals surface area contributed by atoms with Gasteiger partial charge in [-0.05, 0) is 25.7 Å². The standard InChI is InChI=1S/C16H28N2O/c1-2-11-18-12-7-15(8-13-18)17-14-16(19)9-5-3-4-6-10-16/h1,15,17,19H,3-14H2. The van der Waals surface area contributed by atoms with Crippen molar-refractivity contribution in [1.82, 2.24) is 10.2 Å². The molecule has 108 valence electrons. The van der Waals surface area contributed by atoms with Crippen LogP contribution in [-0.2, 0) is 0 Å². The van der Waals surface area contributed by atoms with Gasteiger partial charge in [-0.2, -0.15) is 0 Å². The second-order valence-corrected chi connectivity index (χ2v) is 6.27. The third-order valence-corrected chi connectivity index (χ3v) is 4.66. The number of rotatable bonds is 4. The first-order chi connectivity index (χ1) is 9.22. The van der Waals surface area contributed by atoms with Crippen LogP contribution >= 0.6 is 0 Å². The molecule has 0 atom stereocenters. The fourth-order valence-corrected chi connectivity index (χ4v) is 3.32. The highest BCUT2D eigenvalue weighted by Gasteiger charge is 2.29. The Balaban J connectivity index is 1.69. The first-order valence-corrected chi connectivity index (χ1v) is 7.83. The van der Waals surface area contributed by atoms with Crippen LogP contribution in [-0.4, -0.2) is 47.8 Å². The van der Waals surface area contributed by atoms with Crippen LogP contribution in [0.1, 0.15) is 51.4 Å². The van der Waals surface area contributed by atoms with E-state index >= 15 is 0 Å². The molecule has 0 aromatic heterocycles. The van der Waals surface area contributed by atoms with Crippen LogP contribution in [0.5, 0.6) is 0 Å². The highest BCUT2D eigenvalue weighted by molar-refractivity contribution is 4.91. The molecule has 19 heavy (non-hydrogen) atoms. The molecular weight excluding hydrogens is 236 g/mol. The van der Waals surface area contributed by atoms with Crippen LogP contribution in [0, 0.1) is 12.3 Å². The Morgan fingerprint density at radius 1 is 1.16 bits per heavy atom. The number of hydrogen-bond acceptors (Lipinski definition) is 3. The van der Waals surface area contributed by atoms with Crippen LogP contribution in [0.3, 0.4) is 0 Å². The first-order valence-electron chi connectivity index (χ1n) is 7.83. The van der Waals surface area contributed by atoms with Crippen LogP contribution in [0.25, 0.3) is 0 Å². The van der Waals surface area contributed by atoms with Crippen LogP contribution in [0.2, 0.25) is 0 Å². The number of hydrogen-bond donors (Lipinski definition) is 2. The van der Waals surface area contributed by atoms with Gasteiger partial charge in [0.05, 0.1) is 12.1 Å². The van der Waals surface area contributed by atoms with E-state index in [-0.39, 0.29) is 0 Å². The van der Waals surface area contributed by atoms with Crippen molar-refractivity contribution in [3.05, 3.63) is 0 Å². The number of aliphatic hydroxyl groups is 1. The predicted octanol–water partition coefficient (Wildman–Crippen LogP) is 1.76. The lowest BCUT2D eigenvalue weighted by Crippen LogP contribution is -2.48. The summed E-state index contributed by atoms with van der Waals surface area (Å²) in [5.74, 6) is 2.71. The lowest BCUT2D eigenvalue weighted by Gasteiger charge is -2.34. The molecule has 2 aliphatic rings. The zero-order chi connectivity index (χ0) is 13.6. The van der Waals surface area contributed by atoms with Crippen molar-refractivity contribution in [2.45, 2.75) is 63.0 Å². The summed E-state index contributed by atoms with van der Waals surface area (Å²) < 4.78 is 0. The van der Waals surface area contributed by atoms with Gasteiger partial charge in [0.25, 0.3) is 0 Å². The van der Waals surface area contributed by atoms with Gasteiger partial charge in [0.15, 0.2) is 0 Å². The Kier molecular flexibility index (Phi) is 5.69. The average molecular weight is 264 g/mol. The monoisotopic (exact) mass is 264 g/mol. The van der Waals surface area contributed by atoms with Crippen molar-refractivity contribution in [3.8, 4) is 12.3 Å². The molecule has 3 nitrogen and oxygen atoms in total. The number of terminal acetylenes is 1. The summed E-state index contributed by atoms with van der Waals surface area (Å²) in [5.41, 5.74) is -0.452. The van der Waals surface area contributed by atoms with E-state index in [0.717, 1.165) is 51.9 Å². The molecule has 1 heterocycles. The normalized spacial score (nSPS) is 25.7. The molecule has 1 saturated heterocycles. The summed E-state index contributed by atoms with van der Waals surface area (Å²) in [6.45, 7) is 3.71. The number of nitrogens with one attached hydrogen (secondary N) is 1. The van der Waals surface area contributed by atoms with Gasteiger partial charge in [0.1, 0.15) is 0 Å². The van der Waals surface area contributed by atoms with Gasteiger partial charge in [-0.15, -0.1) is 6.42 Å². The molecule has 0 amide bonds. The van der Waals surface area contributed by atoms with E-state index in [0.29, 0.717) is 6.04 Å². The highest BCUT2D eigenvalue weighted by Crippen LogP contribution is 2.26. The highest BCUT2D eigenvalue weighted by atomic mass is 16.3. The van der Waals surface area contributed by atoms with Crippen molar-refractivity contribution in [3.63, 3.8) is 0 Å². The lowest BCUT2D eigenvalue weighted by atomic mass is 9.93. The molecule has 0 aromatic rings. The zero-order valence-corrected chi connectivity index (χ0v) is 12.0. The van der Waals surface area contributed by atoms with Gasteiger partial charge in [-0.1, -0.05) is 31.6 Å². The van der Waals surface area contributed by atoms with E-state index in [1.807, 2.05) is 0 Å². The Bertz CT molecular complexity index is 294. The van der Waals surface area contributed by atoms with Crippen LogP contribution in [0.4, 0.5) is 0 Å². The van der Waals surface area contributed by atoms with Gasteiger partial charge in [-0.25, -0.2) is 0 Å². The molecule has 1 saturated carbocycles. The molecule has 2 N–H and O–H groups in total. The van der Waals surface area contributed by atoms with Crippen LogP contribution in [0.15, 0.2) is 0 Å². The molecule has 1 aliphatic heterocycles. The lowest BCUT2D eigenvalue weighted by molar-refractivity contribution is 0.0205.